The van der Waals surface area contributed by atoms with E-state index in [2.05, 4.69) is 51.7 Å². The van der Waals surface area contributed by atoms with Crippen molar-refractivity contribution in [3.63, 3.8) is 0 Å². The Kier molecular flexibility index (Phi) is 4.35. The number of thioether (sulfide) groups is 1. The van der Waals surface area contributed by atoms with E-state index in [1.54, 1.807) is 0 Å². The quantitative estimate of drug-likeness (QED) is 0.844. The Bertz CT molecular complexity index is 290. The molecular weight excluding hydrogens is 242 g/mol. The summed E-state index contributed by atoms with van der Waals surface area (Å²) in [5.74, 6) is 1.25. The molecule has 106 valence electrons. The zero-order valence-electron chi connectivity index (χ0n) is 12.6. The van der Waals surface area contributed by atoms with E-state index in [0.29, 0.717) is 12.1 Å². The third kappa shape index (κ3) is 3.43. The average Bonchev–Trinajstić information content (AvgIpc) is 2.70. The maximum absolute atomic E-state index is 6.17. The minimum absolute atomic E-state index is 0.0251. The summed E-state index contributed by atoms with van der Waals surface area (Å²) < 4.78 is 6.17. The van der Waals surface area contributed by atoms with Crippen molar-refractivity contribution in [2.45, 2.75) is 88.8 Å². The van der Waals surface area contributed by atoms with E-state index in [9.17, 15) is 0 Å². The molecule has 3 atom stereocenters. The van der Waals surface area contributed by atoms with Crippen molar-refractivity contribution >= 4 is 11.8 Å². The average molecular weight is 271 g/mol. The van der Waals surface area contributed by atoms with Crippen molar-refractivity contribution in [1.82, 2.24) is 5.32 Å². The monoisotopic (exact) mass is 271 g/mol. The highest BCUT2D eigenvalue weighted by Gasteiger charge is 2.46. The van der Waals surface area contributed by atoms with Gasteiger partial charge in [-0.25, -0.2) is 0 Å². The second kappa shape index (κ2) is 5.34. The van der Waals surface area contributed by atoms with Crippen molar-refractivity contribution in [2.75, 3.05) is 5.75 Å². The zero-order chi connectivity index (χ0) is 13.4. The Morgan fingerprint density at radius 3 is 2.50 bits per heavy atom. The lowest BCUT2D eigenvalue weighted by Crippen LogP contribution is -2.47. The van der Waals surface area contributed by atoms with Gasteiger partial charge in [-0.1, -0.05) is 6.92 Å². The first-order chi connectivity index (χ1) is 8.32. The van der Waals surface area contributed by atoms with E-state index >= 15 is 0 Å². The summed E-state index contributed by atoms with van der Waals surface area (Å²) >= 11 is 2.13. The van der Waals surface area contributed by atoms with Crippen LogP contribution < -0.4 is 5.32 Å². The summed E-state index contributed by atoms with van der Waals surface area (Å²) in [7, 11) is 0. The molecule has 2 rings (SSSR count). The molecular formula is C15H29NOS. The molecule has 2 fully saturated rings. The van der Waals surface area contributed by atoms with E-state index in [-0.39, 0.29) is 11.2 Å². The fourth-order valence-electron chi connectivity index (χ4n) is 3.58. The maximum Gasteiger partial charge on any atom is 0.0787 e. The first-order valence-electron chi connectivity index (χ1n) is 7.40. The summed E-state index contributed by atoms with van der Waals surface area (Å²) in [6, 6.07) is 1.21. The molecule has 0 amide bonds. The van der Waals surface area contributed by atoms with Gasteiger partial charge in [0.25, 0.3) is 0 Å². The van der Waals surface area contributed by atoms with Crippen molar-refractivity contribution < 1.29 is 4.74 Å². The number of nitrogens with one attached hydrogen (secondary N) is 1. The van der Waals surface area contributed by atoms with Gasteiger partial charge >= 0.3 is 0 Å². The van der Waals surface area contributed by atoms with Gasteiger partial charge in [0.15, 0.2) is 0 Å². The van der Waals surface area contributed by atoms with Gasteiger partial charge in [0.1, 0.15) is 0 Å². The van der Waals surface area contributed by atoms with Crippen LogP contribution in [0.25, 0.3) is 0 Å². The lowest BCUT2D eigenvalue weighted by Gasteiger charge is -2.30. The molecule has 1 aliphatic heterocycles. The van der Waals surface area contributed by atoms with E-state index < -0.39 is 0 Å². The van der Waals surface area contributed by atoms with Crippen molar-refractivity contribution in [3.8, 4) is 0 Å². The molecule has 0 aromatic heterocycles. The molecule has 1 N–H and O–H groups in total. The number of rotatable bonds is 4. The Labute approximate surface area is 117 Å². The lowest BCUT2D eigenvalue weighted by atomic mass is 9.93. The Balaban J connectivity index is 1.87. The summed E-state index contributed by atoms with van der Waals surface area (Å²) in [5, 5.41) is 4.75. The molecule has 3 heteroatoms. The normalized spacial score (nSPS) is 38.2. The summed E-state index contributed by atoms with van der Waals surface area (Å²) in [6.07, 6.45) is 5.19. The number of ether oxygens (including phenoxy) is 1. The standard InChI is InChI=1S/C15H29NOS/c1-6-18-12-8-7-11(9-12)16-13-10-14(2,3)17-15(13,4)5/h11-13,16H,6-10H2,1-5H3. The molecule has 1 saturated heterocycles. The van der Waals surface area contributed by atoms with Crippen molar-refractivity contribution in [1.29, 1.82) is 0 Å². The minimum Gasteiger partial charge on any atom is -0.368 e. The van der Waals surface area contributed by atoms with E-state index in [0.717, 1.165) is 11.7 Å². The first kappa shape index (κ1) is 14.7. The highest BCUT2D eigenvalue weighted by Crippen LogP contribution is 2.39. The third-order valence-electron chi connectivity index (χ3n) is 4.30. The second-order valence-electron chi connectivity index (χ2n) is 6.98. The van der Waals surface area contributed by atoms with Crippen LogP contribution in [-0.4, -0.2) is 34.3 Å². The molecule has 0 radical (unpaired) electrons. The van der Waals surface area contributed by atoms with Gasteiger partial charge in [0, 0.05) is 17.3 Å². The molecule has 2 aliphatic rings. The van der Waals surface area contributed by atoms with Crippen LogP contribution in [0.1, 0.15) is 60.3 Å². The first-order valence-corrected chi connectivity index (χ1v) is 8.45. The van der Waals surface area contributed by atoms with Gasteiger partial charge in [0.05, 0.1) is 11.2 Å². The van der Waals surface area contributed by atoms with E-state index in [1.807, 2.05) is 0 Å². The molecule has 3 unspecified atom stereocenters. The predicted molar refractivity (Wildman–Crippen MR) is 80.3 cm³/mol. The highest BCUT2D eigenvalue weighted by atomic mass is 32.2. The lowest BCUT2D eigenvalue weighted by molar-refractivity contribution is -0.0704. The van der Waals surface area contributed by atoms with Crippen molar-refractivity contribution in [2.24, 2.45) is 0 Å². The number of hydrogen-bond donors (Lipinski definition) is 1. The Morgan fingerprint density at radius 2 is 1.94 bits per heavy atom. The fraction of sp³-hybridized carbons (Fsp3) is 1.00. The predicted octanol–water partition coefficient (Wildman–Crippen LogP) is 3.60. The maximum atomic E-state index is 6.17. The third-order valence-corrected chi connectivity index (χ3v) is 5.53. The van der Waals surface area contributed by atoms with Crippen LogP contribution in [-0.2, 0) is 4.74 Å². The summed E-state index contributed by atoms with van der Waals surface area (Å²) in [6.45, 7) is 11.1. The molecule has 0 aromatic carbocycles. The molecule has 2 nitrogen and oxygen atoms in total. The Morgan fingerprint density at radius 1 is 1.22 bits per heavy atom. The van der Waals surface area contributed by atoms with Crippen molar-refractivity contribution in [3.05, 3.63) is 0 Å². The summed E-state index contributed by atoms with van der Waals surface area (Å²) in [4.78, 5) is 0. The van der Waals surface area contributed by atoms with Crippen LogP contribution in [0.5, 0.6) is 0 Å². The molecule has 0 aromatic rings. The van der Waals surface area contributed by atoms with Gasteiger partial charge in [-0.2, -0.15) is 11.8 Å². The van der Waals surface area contributed by atoms with Gasteiger partial charge in [-0.05, 0) is 59.1 Å². The minimum atomic E-state index is -0.0283. The van der Waals surface area contributed by atoms with Gasteiger partial charge in [0.2, 0.25) is 0 Å². The fourth-order valence-corrected chi connectivity index (χ4v) is 4.73. The topological polar surface area (TPSA) is 21.3 Å². The molecule has 18 heavy (non-hydrogen) atoms. The van der Waals surface area contributed by atoms with Crippen LogP contribution >= 0.6 is 11.8 Å². The van der Waals surface area contributed by atoms with Crippen LogP contribution in [0.3, 0.4) is 0 Å². The highest BCUT2D eigenvalue weighted by molar-refractivity contribution is 7.99. The largest absolute Gasteiger partial charge is 0.368 e. The molecule has 0 spiro atoms. The van der Waals surface area contributed by atoms with Gasteiger partial charge in [-0.15, -0.1) is 0 Å². The smallest absolute Gasteiger partial charge is 0.0787 e. The molecule has 1 heterocycles. The van der Waals surface area contributed by atoms with Crippen LogP contribution in [0.15, 0.2) is 0 Å². The van der Waals surface area contributed by atoms with E-state index in [4.69, 9.17) is 4.74 Å². The second-order valence-corrected chi connectivity index (χ2v) is 8.55. The van der Waals surface area contributed by atoms with E-state index in [1.165, 1.54) is 25.0 Å². The van der Waals surface area contributed by atoms with Crippen LogP contribution in [0.2, 0.25) is 0 Å². The SMILES string of the molecule is CCSC1CCC(NC2CC(C)(C)OC2(C)C)C1. The Hall–Kier alpha value is 0.270. The van der Waals surface area contributed by atoms with Crippen LogP contribution in [0.4, 0.5) is 0 Å². The molecule has 1 aliphatic carbocycles. The van der Waals surface area contributed by atoms with Gasteiger partial charge in [-0.3, -0.25) is 0 Å². The molecule has 0 bridgehead atoms. The zero-order valence-corrected chi connectivity index (χ0v) is 13.4. The van der Waals surface area contributed by atoms with Gasteiger partial charge < -0.3 is 10.1 Å². The van der Waals surface area contributed by atoms with Crippen LogP contribution in [0, 0.1) is 0 Å². The number of hydrogen-bond acceptors (Lipinski definition) is 3. The molecule has 1 saturated carbocycles. The summed E-state index contributed by atoms with van der Waals surface area (Å²) in [5.41, 5.74) is -0.00315.